The minimum atomic E-state index is -1.05. The molecule has 0 aliphatic carbocycles. The van der Waals surface area contributed by atoms with Crippen molar-refractivity contribution >= 4 is 34.8 Å². The van der Waals surface area contributed by atoms with Gasteiger partial charge in [0, 0.05) is 17.0 Å². The number of nitro benzene ring substituents is 1. The number of hydrogen-bond donors (Lipinski definition) is 1. The molecule has 0 saturated heterocycles. The van der Waals surface area contributed by atoms with Gasteiger partial charge < -0.3 is 5.11 Å². The largest absolute Gasteiger partial charge is 0.477 e. The Hall–Kier alpha value is -2.44. The minimum Gasteiger partial charge on any atom is -0.477 e. The van der Waals surface area contributed by atoms with Gasteiger partial charge in [-0.15, -0.1) is 11.3 Å². The van der Waals surface area contributed by atoms with Crippen LogP contribution in [0, 0.1) is 28.4 Å². The molecule has 2 rings (SSSR count). The van der Waals surface area contributed by atoms with E-state index < -0.39 is 10.9 Å². The maximum atomic E-state index is 11.0. The van der Waals surface area contributed by atoms with E-state index >= 15 is 0 Å². The summed E-state index contributed by atoms with van der Waals surface area (Å²) in [5, 5.41) is 28.7. The standard InChI is InChI=1S/C12H7N3O4S2/c1-6-10(11(16)17)21-12(14-6)20-9-3-2-8(15(18)19)4-7(9)5-13/h2-4H,1H3,(H,16,17). The predicted octanol–water partition coefficient (Wildman–Crippen LogP) is 3.08. The molecule has 1 aromatic carbocycles. The van der Waals surface area contributed by atoms with E-state index in [1.165, 1.54) is 18.2 Å². The van der Waals surface area contributed by atoms with Crippen LogP contribution in [0.2, 0.25) is 0 Å². The number of aromatic carboxylic acids is 1. The molecule has 1 heterocycles. The van der Waals surface area contributed by atoms with Crippen LogP contribution in [0.4, 0.5) is 5.69 Å². The number of carboxylic acid groups (broad SMARTS) is 1. The quantitative estimate of drug-likeness (QED) is 0.679. The van der Waals surface area contributed by atoms with Gasteiger partial charge in [-0.25, -0.2) is 9.78 Å². The molecule has 0 spiro atoms. The minimum absolute atomic E-state index is 0.137. The van der Waals surface area contributed by atoms with Gasteiger partial charge in [-0.2, -0.15) is 5.26 Å². The van der Waals surface area contributed by atoms with Crippen molar-refractivity contribution in [2.24, 2.45) is 0 Å². The summed E-state index contributed by atoms with van der Waals surface area (Å²) in [6.07, 6.45) is 0. The van der Waals surface area contributed by atoms with E-state index in [2.05, 4.69) is 4.98 Å². The van der Waals surface area contributed by atoms with E-state index in [1.807, 2.05) is 6.07 Å². The lowest BCUT2D eigenvalue weighted by molar-refractivity contribution is -0.384. The normalized spacial score (nSPS) is 10.1. The number of nitriles is 1. The number of nitro groups is 1. The Morgan fingerprint density at radius 2 is 2.29 bits per heavy atom. The smallest absolute Gasteiger partial charge is 0.347 e. The highest BCUT2D eigenvalue weighted by atomic mass is 32.2. The van der Waals surface area contributed by atoms with Gasteiger partial charge in [-0.3, -0.25) is 10.1 Å². The second-order valence-corrected chi connectivity index (χ2v) is 6.14. The Morgan fingerprint density at radius 1 is 1.57 bits per heavy atom. The third kappa shape index (κ3) is 3.18. The van der Waals surface area contributed by atoms with Crippen molar-refractivity contribution in [3.63, 3.8) is 0 Å². The molecule has 1 N–H and O–H groups in total. The van der Waals surface area contributed by atoms with Crippen LogP contribution in [-0.2, 0) is 0 Å². The molecule has 9 heteroatoms. The van der Waals surface area contributed by atoms with Crippen LogP contribution in [0.1, 0.15) is 20.9 Å². The first-order valence-electron chi connectivity index (χ1n) is 5.49. The summed E-state index contributed by atoms with van der Waals surface area (Å²) in [5.41, 5.74) is 0.381. The first kappa shape index (κ1) is 15.0. The zero-order valence-corrected chi connectivity index (χ0v) is 12.2. The van der Waals surface area contributed by atoms with Crippen LogP contribution in [0.25, 0.3) is 0 Å². The molecule has 0 fully saturated rings. The molecule has 0 radical (unpaired) electrons. The SMILES string of the molecule is Cc1nc(Sc2ccc([N+](=O)[O-])cc2C#N)sc1C(=O)O. The number of nitrogens with zero attached hydrogens (tertiary/aromatic N) is 3. The van der Waals surface area contributed by atoms with E-state index in [9.17, 15) is 14.9 Å². The lowest BCUT2D eigenvalue weighted by atomic mass is 10.2. The monoisotopic (exact) mass is 321 g/mol. The van der Waals surface area contributed by atoms with Gasteiger partial charge in [0.25, 0.3) is 5.69 Å². The molecule has 1 aromatic heterocycles. The third-order valence-corrected chi connectivity index (χ3v) is 4.74. The van der Waals surface area contributed by atoms with Crippen molar-refractivity contribution in [2.45, 2.75) is 16.2 Å². The van der Waals surface area contributed by atoms with E-state index in [0.29, 0.717) is 14.9 Å². The van der Waals surface area contributed by atoms with Crippen LogP contribution in [-0.4, -0.2) is 21.0 Å². The van der Waals surface area contributed by atoms with Crippen molar-refractivity contribution < 1.29 is 14.8 Å². The Kier molecular flexibility index (Phi) is 4.21. The van der Waals surface area contributed by atoms with Gasteiger partial charge in [0.15, 0.2) is 4.34 Å². The van der Waals surface area contributed by atoms with Gasteiger partial charge in [0.1, 0.15) is 10.9 Å². The van der Waals surface area contributed by atoms with Crippen molar-refractivity contribution in [1.82, 2.24) is 4.98 Å². The summed E-state index contributed by atoms with van der Waals surface area (Å²) in [7, 11) is 0. The summed E-state index contributed by atoms with van der Waals surface area (Å²) >= 11 is 2.11. The number of aryl methyl sites for hydroxylation is 1. The van der Waals surface area contributed by atoms with Crippen LogP contribution < -0.4 is 0 Å². The molecule has 106 valence electrons. The summed E-state index contributed by atoms with van der Waals surface area (Å²) in [6, 6.07) is 5.82. The van der Waals surface area contributed by atoms with Gasteiger partial charge >= 0.3 is 5.97 Å². The number of non-ortho nitro benzene ring substituents is 1. The summed E-state index contributed by atoms with van der Waals surface area (Å²) < 4.78 is 0.468. The van der Waals surface area contributed by atoms with Crippen LogP contribution in [0.5, 0.6) is 0 Å². The predicted molar refractivity (Wildman–Crippen MR) is 75.7 cm³/mol. The van der Waals surface area contributed by atoms with E-state index in [1.54, 1.807) is 6.92 Å². The Morgan fingerprint density at radius 3 is 2.81 bits per heavy atom. The summed E-state index contributed by atoms with van der Waals surface area (Å²) in [4.78, 5) is 25.8. The highest BCUT2D eigenvalue weighted by molar-refractivity contribution is 8.01. The fourth-order valence-electron chi connectivity index (χ4n) is 1.52. The lowest BCUT2D eigenvalue weighted by Gasteiger charge is -2.00. The van der Waals surface area contributed by atoms with Gasteiger partial charge in [-0.1, -0.05) is 11.8 Å². The average Bonchev–Trinajstić information content (AvgIpc) is 2.80. The van der Waals surface area contributed by atoms with Crippen molar-refractivity contribution in [1.29, 1.82) is 5.26 Å². The molecule has 0 amide bonds. The Balaban J connectivity index is 2.36. The Labute approximate surface area is 127 Å². The lowest BCUT2D eigenvalue weighted by Crippen LogP contribution is -1.94. The molecule has 0 bridgehead atoms. The molecule has 7 nitrogen and oxygen atoms in total. The highest BCUT2D eigenvalue weighted by Gasteiger charge is 2.17. The average molecular weight is 321 g/mol. The van der Waals surface area contributed by atoms with Crippen LogP contribution >= 0.6 is 23.1 Å². The zero-order valence-electron chi connectivity index (χ0n) is 10.6. The fourth-order valence-corrected chi connectivity index (χ4v) is 3.56. The topological polar surface area (TPSA) is 117 Å². The van der Waals surface area contributed by atoms with E-state index in [0.717, 1.165) is 23.1 Å². The second kappa shape index (κ2) is 5.90. The highest BCUT2D eigenvalue weighted by Crippen LogP contribution is 2.35. The maximum absolute atomic E-state index is 11.0. The first-order chi connectivity index (χ1) is 9.92. The number of carbonyl (C=O) groups is 1. The van der Waals surface area contributed by atoms with Gasteiger partial charge in [0.2, 0.25) is 0 Å². The molecule has 2 aromatic rings. The van der Waals surface area contributed by atoms with Gasteiger partial charge in [0.05, 0.1) is 16.2 Å². The van der Waals surface area contributed by atoms with Crippen molar-refractivity contribution in [2.75, 3.05) is 0 Å². The molecule has 0 aliphatic rings. The molecular formula is C12H7N3O4S2. The number of benzene rings is 1. The third-order valence-electron chi connectivity index (χ3n) is 2.46. The van der Waals surface area contributed by atoms with Gasteiger partial charge in [-0.05, 0) is 13.0 Å². The summed E-state index contributed by atoms with van der Waals surface area (Å²) in [6.45, 7) is 1.59. The first-order valence-corrected chi connectivity index (χ1v) is 7.12. The molecule has 0 saturated carbocycles. The van der Waals surface area contributed by atoms with Crippen molar-refractivity contribution in [3.8, 4) is 6.07 Å². The van der Waals surface area contributed by atoms with Crippen molar-refractivity contribution in [3.05, 3.63) is 44.4 Å². The number of hydrogen-bond acceptors (Lipinski definition) is 7. The number of thiazole rings is 1. The van der Waals surface area contributed by atoms with E-state index in [4.69, 9.17) is 10.4 Å². The maximum Gasteiger partial charge on any atom is 0.347 e. The molecule has 0 unspecified atom stereocenters. The molecule has 21 heavy (non-hydrogen) atoms. The Bertz CT molecular complexity index is 779. The van der Waals surface area contributed by atoms with Crippen LogP contribution in [0.3, 0.4) is 0 Å². The second-order valence-electron chi connectivity index (χ2n) is 3.85. The number of carboxylic acids is 1. The number of aromatic nitrogens is 1. The molecule has 0 atom stereocenters. The fraction of sp³-hybridized carbons (Fsp3) is 0.0833. The zero-order chi connectivity index (χ0) is 15.6. The molecular weight excluding hydrogens is 314 g/mol. The van der Waals surface area contributed by atoms with Crippen LogP contribution in [0.15, 0.2) is 27.4 Å². The molecule has 0 aliphatic heterocycles. The summed E-state index contributed by atoms with van der Waals surface area (Å²) in [5.74, 6) is -1.05. The van der Waals surface area contributed by atoms with E-state index in [-0.39, 0.29) is 16.1 Å². The number of rotatable bonds is 4.